The first-order valence-electron chi connectivity index (χ1n) is 6.98. The van der Waals surface area contributed by atoms with Crippen LogP contribution in [0.1, 0.15) is 16.7 Å². The highest BCUT2D eigenvalue weighted by atomic mass is 16.5. The number of anilines is 2. The van der Waals surface area contributed by atoms with Crippen molar-refractivity contribution in [1.82, 2.24) is 0 Å². The molecule has 0 bridgehead atoms. The third kappa shape index (κ3) is 3.16. The van der Waals surface area contributed by atoms with Gasteiger partial charge in [0.15, 0.2) is 6.61 Å². The van der Waals surface area contributed by atoms with Gasteiger partial charge >= 0.3 is 0 Å². The molecule has 2 aromatic carbocycles. The Morgan fingerprint density at radius 3 is 2.67 bits per heavy atom. The summed E-state index contributed by atoms with van der Waals surface area (Å²) in [5.41, 5.74) is 5.48. The van der Waals surface area contributed by atoms with Crippen molar-refractivity contribution in [2.45, 2.75) is 20.4 Å². The van der Waals surface area contributed by atoms with E-state index in [4.69, 9.17) is 4.74 Å². The van der Waals surface area contributed by atoms with Crippen molar-refractivity contribution in [3.8, 4) is 5.75 Å². The summed E-state index contributed by atoms with van der Waals surface area (Å²) in [6.45, 7) is 5.04. The predicted octanol–water partition coefficient (Wildman–Crippen LogP) is 3.25. The minimum absolute atomic E-state index is 0.0769. The summed E-state index contributed by atoms with van der Waals surface area (Å²) in [7, 11) is 0. The molecule has 0 aromatic heterocycles. The van der Waals surface area contributed by atoms with Crippen molar-refractivity contribution in [1.29, 1.82) is 0 Å². The fraction of sp³-hybridized carbons (Fsp3) is 0.235. The second kappa shape index (κ2) is 5.48. The Kier molecular flexibility index (Phi) is 3.52. The van der Waals surface area contributed by atoms with Gasteiger partial charge in [-0.2, -0.15) is 0 Å². The van der Waals surface area contributed by atoms with Gasteiger partial charge < -0.3 is 15.4 Å². The first-order chi connectivity index (χ1) is 10.1. The zero-order chi connectivity index (χ0) is 14.8. The van der Waals surface area contributed by atoms with E-state index in [1.165, 1.54) is 16.7 Å². The van der Waals surface area contributed by atoms with Gasteiger partial charge in [-0.1, -0.05) is 29.3 Å². The van der Waals surface area contributed by atoms with Crippen LogP contribution in [0.5, 0.6) is 5.75 Å². The van der Waals surface area contributed by atoms with E-state index in [1.807, 2.05) is 18.2 Å². The molecule has 4 nitrogen and oxygen atoms in total. The average molecular weight is 282 g/mol. The highest BCUT2D eigenvalue weighted by molar-refractivity contribution is 5.95. The van der Waals surface area contributed by atoms with Gasteiger partial charge in [0, 0.05) is 18.3 Å². The van der Waals surface area contributed by atoms with E-state index in [-0.39, 0.29) is 12.5 Å². The molecule has 0 saturated heterocycles. The lowest BCUT2D eigenvalue weighted by Gasteiger charge is -2.19. The van der Waals surface area contributed by atoms with Gasteiger partial charge in [0.25, 0.3) is 5.91 Å². The molecular formula is C17H18N2O2. The van der Waals surface area contributed by atoms with E-state index >= 15 is 0 Å². The van der Waals surface area contributed by atoms with Crippen LogP contribution in [0.15, 0.2) is 36.4 Å². The van der Waals surface area contributed by atoms with E-state index in [0.29, 0.717) is 5.75 Å². The number of hydrogen-bond donors (Lipinski definition) is 2. The minimum Gasteiger partial charge on any atom is -0.482 e. The SMILES string of the molecule is Cc1cc(C)cc(CNc2ccc3c(c2)OCC(=O)N3)c1. The molecule has 1 heterocycles. The quantitative estimate of drug-likeness (QED) is 0.908. The molecule has 4 heteroatoms. The lowest BCUT2D eigenvalue weighted by Crippen LogP contribution is -2.25. The van der Waals surface area contributed by atoms with Gasteiger partial charge in [-0.15, -0.1) is 0 Å². The zero-order valence-corrected chi connectivity index (χ0v) is 12.2. The zero-order valence-electron chi connectivity index (χ0n) is 12.2. The monoisotopic (exact) mass is 282 g/mol. The molecule has 0 fully saturated rings. The largest absolute Gasteiger partial charge is 0.482 e. The molecule has 3 rings (SSSR count). The molecule has 1 amide bonds. The molecule has 1 aliphatic heterocycles. The van der Waals surface area contributed by atoms with Crippen LogP contribution in [-0.4, -0.2) is 12.5 Å². The second-order valence-electron chi connectivity index (χ2n) is 5.40. The van der Waals surface area contributed by atoms with Crippen molar-refractivity contribution in [3.05, 3.63) is 53.1 Å². The number of aryl methyl sites for hydroxylation is 2. The maximum atomic E-state index is 11.2. The van der Waals surface area contributed by atoms with Gasteiger partial charge in [0.2, 0.25) is 0 Å². The summed E-state index contributed by atoms with van der Waals surface area (Å²) in [6.07, 6.45) is 0. The highest BCUT2D eigenvalue weighted by Gasteiger charge is 2.15. The topological polar surface area (TPSA) is 50.4 Å². The smallest absolute Gasteiger partial charge is 0.262 e. The number of ether oxygens (including phenoxy) is 1. The number of fused-ring (bicyclic) bond motifs is 1. The third-order valence-electron chi connectivity index (χ3n) is 3.39. The molecule has 2 N–H and O–H groups in total. The van der Waals surface area contributed by atoms with Crippen LogP contribution in [0, 0.1) is 13.8 Å². The molecule has 108 valence electrons. The van der Waals surface area contributed by atoms with Crippen LogP contribution in [0.3, 0.4) is 0 Å². The van der Waals surface area contributed by atoms with E-state index in [9.17, 15) is 4.79 Å². The van der Waals surface area contributed by atoms with Gasteiger partial charge in [-0.05, 0) is 31.5 Å². The number of carbonyl (C=O) groups is 1. The van der Waals surface area contributed by atoms with Crippen molar-refractivity contribution in [3.63, 3.8) is 0 Å². The Morgan fingerprint density at radius 1 is 1.14 bits per heavy atom. The number of amides is 1. The maximum absolute atomic E-state index is 11.2. The minimum atomic E-state index is -0.113. The predicted molar refractivity (Wildman–Crippen MR) is 83.8 cm³/mol. The van der Waals surface area contributed by atoms with Crippen molar-refractivity contribution < 1.29 is 9.53 Å². The van der Waals surface area contributed by atoms with Crippen LogP contribution in [0.2, 0.25) is 0 Å². The summed E-state index contributed by atoms with van der Waals surface area (Å²) >= 11 is 0. The summed E-state index contributed by atoms with van der Waals surface area (Å²) < 4.78 is 5.41. The number of rotatable bonds is 3. The van der Waals surface area contributed by atoms with Crippen LogP contribution >= 0.6 is 0 Å². The molecule has 21 heavy (non-hydrogen) atoms. The third-order valence-corrected chi connectivity index (χ3v) is 3.39. The molecule has 0 atom stereocenters. The molecule has 0 radical (unpaired) electrons. The van der Waals surface area contributed by atoms with Crippen LogP contribution < -0.4 is 15.4 Å². The normalized spacial score (nSPS) is 13.1. The average Bonchev–Trinajstić information content (AvgIpc) is 2.44. The summed E-state index contributed by atoms with van der Waals surface area (Å²) in [4.78, 5) is 11.2. The Labute approximate surface area is 124 Å². The molecule has 0 spiro atoms. The number of hydrogen-bond acceptors (Lipinski definition) is 3. The Hall–Kier alpha value is -2.49. The summed E-state index contributed by atoms with van der Waals surface area (Å²) in [6, 6.07) is 12.2. The van der Waals surface area contributed by atoms with Crippen molar-refractivity contribution in [2.24, 2.45) is 0 Å². The molecule has 1 aliphatic rings. The lowest BCUT2D eigenvalue weighted by atomic mass is 10.1. The molecular weight excluding hydrogens is 264 g/mol. The number of nitrogens with one attached hydrogen (secondary N) is 2. The fourth-order valence-corrected chi connectivity index (χ4v) is 2.56. The number of carbonyl (C=O) groups excluding carboxylic acids is 1. The Balaban J connectivity index is 1.72. The lowest BCUT2D eigenvalue weighted by molar-refractivity contribution is -0.118. The van der Waals surface area contributed by atoms with Gasteiger partial charge in [0.05, 0.1) is 5.69 Å². The van der Waals surface area contributed by atoms with E-state index in [1.54, 1.807) is 0 Å². The van der Waals surface area contributed by atoms with Gasteiger partial charge in [-0.3, -0.25) is 4.79 Å². The van der Waals surface area contributed by atoms with Gasteiger partial charge in [-0.25, -0.2) is 0 Å². The highest BCUT2D eigenvalue weighted by Crippen LogP contribution is 2.30. The standard InChI is InChI=1S/C17H18N2O2/c1-11-5-12(2)7-13(6-11)9-18-14-3-4-15-16(8-14)21-10-17(20)19-15/h3-8,18H,9-10H2,1-2H3,(H,19,20). The summed E-state index contributed by atoms with van der Waals surface area (Å²) in [5.74, 6) is 0.596. The Bertz CT molecular complexity index is 675. The van der Waals surface area contributed by atoms with Gasteiger partial charge in [0.1, 0.15) is 5.75 Å². The molecule has 0 saturated carbocycles. The molecule has 2 aromatic rings. The fourth-order valence-electron chi connectivity index (χ4n) is 2.56. The Morgan fingerprint density at radius 2 is 1.90 bits per heavy atom. The number of benzene rings is 2. The molecule has 0 unspecified atom stereocenters. The first kappa shape index (κ1) is 13.5. The maximum Gasteiger partial charge on any atom is 0.262 e. The molecule has 0 aliphatic carbocycles. The first-order valence-corrected chi connectivity index (χ1v) is 6.98. The van der Waals surface area contributed by atoms with E-state index < -0.39 is 0 Å². The summed E-state index contributed by atoms with van der Waals surface area (Å²) in [5, 5.41) is 6.17. The van der Waals surface area contributed by atoms with Crippen LogP contribution in [0.4, 0.5) is 11.4 Å². The van der Waals surface area contributed by atoms with Crippen LogP contribution in [-0.2, 0) is 11.3 Å². The van der Waals surface area contributed by atoms with E-state index in [0.717, 1.165) is 17.9 Å². The van der Waals surface area contributed by atoms with Crippen molar-refractivity contribution in [2.75, 3.05) is 17.2 Å². The second-order valence-corrected chi connectivity index (χ2v) is 5.40. The van der Waals surface area contributed by atoms with Crippen LogP contribution in [0.25, 0.3) is 0 Å². The van der Waals surface area contributed by atoms with Crippen molar-refractivity contribution >= 4 is 17.3 Å². The van der Waals surface area contributed by atoms with E-state index in [2.05, 4.69) is 42.7 Å².